The first kappa shape index (κ1) is 11.5. The van der Waals surface area contributed by atoms with E-state index in [1.54, 1.807) is 6.92 Å². The van der Waals surface area contributed by atoms with Crippen molar-refractivity contribution in [3.63, 3.8) is 0 Å². The molecule has 0 spiro atoms. The van der Waals surface area contributed by atoms with Gasteiger partial charge in [0.2, 0.25) is 0 Å². The van der Waals surface area contributed by atoms with Crippen LogP contribution in [0.4, 0.5) is 0 Å². The Labute approximate surface area is 85.5 Å². The molecular formula is C11H20O3. The second-order valence-electron chi connectivity index (χ2n) is 4.03. The fourth-order valence-corrected chi connectivity index (χ4v) is 2.41. The molecule has 3 nitrogen and oxygen atoms in total. The van der Waals surface area contributed by atoms with Gasteiger partial charge in [0, 0.05) is 0 Å². The molecule has 3 heteroatoms. The van der Waals surface area contributed by atoms with E-state index in [1.165, 1.54) is 0 Å². The van der Waals surface area contributed by atoms with E-state index >= 15 is 0 Å². The lowest BCUT2D eigenvalue weighted by Crippen LogP contribution is -2.39. The molecule has 0 aromatic rings. The van der Waals surface area contributed by atoms with Crippen molar-refractivity contribution < 1.29 is 14.6 Å². The molecule has 1 fully saturated rings. The van der Waals surface area contributed by atoms with Crippen LogP contribution in [0.2, 0.25) is 0 Å². The molecule has 1 aliphatic rings. The minimum Gasteiger partial charge on any atom is -0.465 e. The molecule has 82 valence electrons. The second-order valence-corrected chi connectivity index (χ2v) is 4.03. The fourth-order valence-electron chi connectivity index (χ4n) is 2.41. The Kier molecular flexibility index (Phi) is 3.93. The van der Waals surface area contributed by atoms with Crippen molar-refractivity contribution in [2.45, 2.75) is 52.1 Å². The number of esters is 1. The highest BCUT2D eigenvalue weighted by Crippen LogP contribution is 2.43. The average Bonchev–Trinajstić information content (AvgIpc) is 2.50. The normalized spacial score (nSPS) is 31.8. The van der Waals surface area contributed by atoms with Crippen LogP contribution in [0.1, 0.15) is 46.0 Å². The second kappa shape index (κ2) is 4.78. The Morgan fingerprint density at radius 2 is 2.29 bits per heavy atom. The highest BCUT2D eigenvalue weighted by Gasteiger charge is 2.48. The molecule has 0 aliphatic heterocycles. The van der Waals surface area contributed by atoms with Gasteiger partial charge in [-0.2, -0.15) is 0 Å². The third-order valence-electron chi connectivity index (χ3n) is 3.12. The summed E-state index contributed by atoms with van der Waals surface area (Å²) in [6.45, 7) is 4.24. The Hall–Kier alpha value is -0.570. The molecule has 0 aromatic heterocycles. The topological polar surface area (TPSA) is 46.5 Å². The largest absolute Gasteiger partial charge is 0.465 e. The van der Waals surface area contributed by atoms with E-state index < -0.39 is 11.5 Å². The van der Waals surface area contributed by atoms with Gasteiger partial charge in [-0.05, 0) is 32.6 Å². The third-order valence-corrected chi connectivity index (χ3v) is 3.12. The predicted octanol–water partition coefficient (Wildman–Crippen LogP) is 1.88. The number of hydrogen-bond acceptors (Lipinski definition) is 3. The summed E-state index contributed by atoms with van der Waals surface area (Å²) in [4.78, 5) is 11.8. The number of carbonyl (C=O) groups is 1. The lowest BCUT2D eigenvalue weighted by molar-refractivity contribution is -0.161. The molecule has 1 rings (SSSR count). The van der Waals surface area contributed by atoms with Gasteiger partial charge in [0.05, 0.1) is 18.1 Å². The van der Waals surface area contributed by atoms with Crippen molar-refractivity contribution in [2.24, 2.45) is 5.41 Å². The van der Waals surface area contributed by atoms with Crippen LogP contribution in [-0.4, -0.2) is 23.8 Å². The van der Waals surface area contributed by atoms with Crippen LogP contribution >= 0.6 is 0 Å². The first-order valence-corrected chi connectivity index (χ1v) is 5.52. The SMILES string of the molecule is CCCC1(C(=O)OCC)CCCC1O. The molecule has 1 saturated carbocycles. The molecule has 0 amide bonds. The molecule has 2 atom stereocenters. The van der Waals surface area contributed by atoms with E-state index in [1.807, 2.05) is 6.92 Å². The summed E-state index contributed by atoms with van der Waals surface area (Å²) in [6, 6.07) is 0. The zero-order valence-corrected chi connectivity index (χ0v) is 9.08. The van der Waals surface area contributed by atoms with E-state index in [-0.39, 0.29) is 5.97 Å². The van der Waals surface area contributed by atoms with Crippen LogP contribution in [0.3, 0.4) is 0 Å². The van der Waals surface area contributed by atoms with Crippen molar-refractivity contribution in [1.82, 2.24) is 0 Å². The number of hydrogen-bond donors (Lipinski definition) is 1. The summed E-state index contributed by atoms with van der Waals surface area (Å²) in [5.41, 5.74) is -0.592. The van der Waals surface area contributed by atoms with Gasteiger partial charge in [-0.3, -0.25) is 4.79 Å². The quantitative estimate of drug-likeness (QED) is 0.705. The van der Waals surface area contributed by atoms with Crippen molar-refractivity contribution in [1.29, 1.82) is 0 Å². The highest BCUT2D eigenvalue weighted by atomic mass is 16.5. The molecule has 0 radical (unpaired) electrons. The fraction of sp³-hybridized carbons (Fsp3) is 0.909. The highest BCUT2D eigenvalue weighted by molar-refractivity contribution is 5.78. The lowest BCUT2D eigenvalue weighted by atomic mass is 9.80. The van der Waals surface area contributed by atoms with Crippen molar-refractivity contribution in [2.75, 3.05) is 6.61 Å². The van der Waals surface area contributed by atoms with E-state index in [2.05, 4.69) is 0 Å². The first-order valence-electron chi connectivity index (χ1n) is 5.52. The monoisotopic (exact) mass is 200 g/mol. The zero-order valence-electron chi connectivity index (χ0n) is 9.08. The molecule has 1 aliphatic carbocycles. The van der Waals surface area contributed by atoms with E-state index in [4.69, 9.17) is 4.74 Å². The maximum absolute atomic E-state index is 11.8. The summed E-state index contributed by atoms with van der Waals surface area (Å²) >= 11 is 0. The Bertz CT molecular complexity index is 203. The minimum atomic E-state index is -0.592. The number of aliphatic hydroxyl groups is 1. The molecule has 14 heavy (non-hydrogen) atoms. The van der Waals surface area contributed by atoms with Gasteiger partial charge in [-0.25, -0.2) is 0 Å². The maximum Gasteiger partial charge on any atom is 0.314 e. The van der Waals surface area contributed by atoms with Crippen molar-refractivity contribution in [3.8, 4) is 0 Å². The first-order chi connectivity index (χ1) is 6.67. The molecule has 0 bridgehead atoms. The smallest absolute Gasteiger partial charge is 0.314 e. The summed E-state index contributed by atoms with van der Waals surface area (Å²) in [5, 5.41) is 9.87. The third kappa shape index (κ3) is 1.92. The molecule has 1 N–H and O–H groups in total. The summed E-state index contributed by atoms with van der Waals surface area (Å²) < 4.78 is 5.05. The lowest BCUT2D eigenvalue weighted by Gasteiger charge is -2.29. The van der Waals surface area contributed by atoms with Crippen LogP contribution in [0, 0.1) is 5.41 Å². The van der Waals surface area contributed by atoms with Gasteiger partial charge in [-0.15, -0.1) is 0 Å². The van der Waals surface area contributed by atoms with Crippen LogP contribution in [0.15, 0.2) is 0 Å². The zero-order chi connectivity index (χ0) is 10.6. The Morgan fingerprint density at radius 1 is 1.57 bits per heavy atom. The van der Waals surface area contributed by atoms with Gasteiger partial charge >= 0.3 is 5.97 Å². The van der Waals surface area contributed by atoms with Crippen LogP contribution in [0.5, 0.6) is 0 Å². The van der Waals surface area contributed by atoms with Gasteiger partial charge in [0.1, 0.15) is 0 Å². The van der Waals surface area contributed by atoms with Crippen LogP contribution in [-0.2, 0) is 9.53 Å². The number of aliphatic hydroxyl groups excluding tert-OH is 1. The predicted molar refractivity (Wildman–Crippen MR) is 53.8 cm³/mol. The summed E-state index contributed by atoms with van der Waals surface area (Å²) in [5.74, 6) is -0.202. The maximum atomic E-state index is 11.8. The minimum absolute atomic E-state index is 0.202. The molecule has 2 unspecified atom stereocenters. The Morgan fingerprint density at radius 3 is 2.71 bits per heavy atom. The van der Waals surface area contributed by atoms with Crippen LogP contribution < -0.4 is 0 Å². The van der Waals surface area contributed by atoms with Gasteiger partial charge in [0.15, 0.2) is 0 Å². The average molecular weight is 200 g/mol. The number of carbonyl (C=O) groups excluding carboxylic acids is 1. The van der Waals surface area contributed by atoms with Crippen molar-refractivity contribution in [3.05, 3.63) is 0 Å². The van der Waals surface area contributed by atoms with E-state index in [9.17, 15) is 9.90 Å². The Balaban J connectivity index is 2.75. The molecule has 0 saturated heterocycles. The standard InChI is InChI=1S/C11H20O3/c1-3-7-11(10(13)14-4-2)8-5-6-9(11)12/h9,12H,3-8H2,1-2H3. The summed E-state index contributed by atoms with van der Waals surface area (Å²) in [6.07, 6.45) is 3.60. The van der Waals surface area contributed by atoms with E-state index in [0.717, 1.165) is 32.1 Å². The molecule has 0 aromatic carbocycles. The molecular weight excluding hydrogens is 180 g/mol. The van der Waals surface area contributed by atoms with Crippen molar-refractivity contribution >= 4 is 5.97 Å². The van der Waals surface area contributed by atoms with Gasteiger partial charge in [-0.1, -0.05) is 13.3 Å². The van der Waals surface area contributed by atoms with Crippen LogP contribution in [0.25, 0.3) is 0 Å². The van der Waals surface area contributed by atoms with E-state index in [0.29, 0.717) is 6.61 Å². The van der Waals surface area contributed by atoms with Gasteiger partial charge < -0.3 is 9.84 Å². The van der Waals surface area contributed by atoms with Gasteiger partial charge in [0.25, 0.3) is 0 Å². The number of rotatable bonds is 4. The molecule has 0 heterocycles. The summed E-state index contributed by atoms with van der Waals surface area (Å²) in [7, 11) is 0. The number of ether oxygens (including phenoxy) is 1.